The van der Waals surface area contributed by atoms with Gasteiger partial charge in [-0.05, 0) is 44.9 Å². The quantitative estimate of drug-likeness (QED) is 0.718. The van der Waals surface area contributed by atoms with Crippen molar-refractivity contribution in [2.24, 2.45) is 0 Å². The molecule has 2 rings (SSSR count). The van der Waals surface area contributed by atoms with Crippen molar-refractivity contribution in [2.75, 3.05) is 19.8 Å². The highest BCUT2D eigenvalue weighted by Crippen LogP contribution is 2.18. The first kappa shape index (κ1) is 18.0. The third kappa shape index (κ3) is 5.38. The number of carbonyl (C=O) groups is 1. The molecule has 1 N–H and O–H groups in total. The molecule has 1 aromatic carbocycles. The number of nitrogens with zero attached hydrogens (tertiary/aromatic N) is 2. The highest BCUT2D eigenvalue weighted by atomic mass is 16.5. The first-order valence-electron chi connectivity index (χ1n) is 8.19. The van der Waals surface area contributed by atoms with Crippen molar-refractivity contribution >= 4 is 5.91 Å². The van der Waals surface area contributed by atoms with Crippen molar-refractivity contribution in [2.45, 2.75) is 33.9 Å². The number of nitrogens with one attached hydrogen (secondary N) is 1. The molecular weight excluding hydrogens is 306 g/mol. The number of benzene rings is 1. The monoisotopic (exact) mass is 331 g/mol. The molecule has 0 spiro atoms. The van der Waals surface area contributed by atoms with Crippen molar-refractivity contribution in [3.05, 3.63) is 47.3 Å². The van der Waals surface area contributed by atoms with E-state index < -0.39 is 0 Å². The maximum atomic E-state index is 12.0. The first-order valence-corrected chi connectivity index (χ1v) is 8.19. The number of hydrogen-bond acceptors (Lipinski definition) is 4. The highest BCUT2D eigenvalue weighted by molar-refractivity contribution is 5.92. The minimum Gasteiger partial charge on any atom is -0.471 e. The molecule has 0 unspecified atom stereocenters. The van der Waals surface area contributed by atoms with Crippen LogP contribution in [0, 0.1) is 13.8 Å². The van der Waals surface area contributed by atoms with E-state index in [0.29, 0.717) is 25.5 Å². The van der Waals surface area contributed by atoms with Gasteiger partial charge in [-0.2, -0.15) is 5.10 Å². The van der Waals surface area contributed by atoms with Crippen molar-refractivity contribution in [3.8, 4) is 5.75 Å². The van der Waals surface area contributed by atoms with E-state index in [1.807, 2.05) is 32.9 Å². The second-order valence-corrected chi connectivity index (χ2v) is 5.59. The van der Waals surface area contributed by atoms with Crippen LogP contribution >= 0.6 is 0 Å². The van der Waals surface area contributed by atoms with Gasteiger partial charge in [0, 0.05) is 26.0 Å². The average Bonchev–Trinajstić information content (AvgIpc) is 3.03. The molecule has 0 bridgehead atoms. The molecule has 130 valence electrons. The maximum absolute atomic E-state index is 12.0. The summed E-state index contributed by atoms with van der Waals surface area (Å²) in [6.07, 6.45) is 2.52. The molecule has 0 fully saturated rings. The van der Waals surface area contributed by atoms with E-state index in [9.17, 15) is 4.79 Å². The van der Waals surface area contributed by atoms with Crippen molar-refractivity contribution < 1.29 is 14.3 Å². The van der Waals surface area contributed by atoms with E-state index >= 15 is 0 Å². The third-order valence-corrected chi connectivity index (χ3v) is 3.51. The maximum Gasteiger partial charge on any atom is 0.271 e. The molecule has 1 amide bonds. The summed E-state index contributed by atoms with van der Waals surface area (Å²) >= 11 is 0. The standard InChI is InChI=1S/C18H25N3O3/c1-4-23-11-5-9-19-18(22)16-8-10-21(20-16)13-24-17-7-6-14(2)12-15(17)3/h6-8,10,12H,4-5,9,11,13H2,1-3H3,(H,19,22). The summed E-state index contributed by atoms with van der Waals surface area (Å²) in [7, 11) is 0. The number of rotatable bonds is 9. The number of carbonyl (C=O) groups excluding carboxylic acids is 1. The van der Waals surface area contributed by atoms with E-state index in [1.165, 1.54) is 5.56 Å². The van der Waals surface area contributed by atoms with E-state index in [0.717, 1.165) is 17.7 Å². The molecule has 1 heterocycles. The lowest BCUT2D eigenvalue weighted by atomic mass is 10.1. The van der Waals surface area contributed by atoms with Crippen LogP contribution in [0.1, 0.15) is 35.0 Å². The Morgan fingerprint density at radius 1 is 1.29 bits per heavy atom. The van der Waals surface area contributed by atoms with Gasteiger partial charge in [0.25, 0.3) is 5.91 Å². The molecule has 0 radical (unpaired) electrons. The molecule has 1 aromatic heterocycles. The molecule has 0 saturated carbocycles. The van der Waals surface area contributed by atoms with Gasteiger partial charge in [-0.1, -0.05) is 17.7 Å². The predicted octanol–water partition coefficient (Wildman–Crippen LogP) is 2.69. The zero-order valence-corrected chi connectivity index (χ0v) is 14.5. The zero-order chi connectivity index (χ0) is 17.4. The minimum absolute atomic E-state index is 0.184. The van der Waals surface area contributed by atoms with Gasteiger partial charge in [0.2, 0.25) is 0 Å². The van der Waals surface area contributed by atoms with Crippen LogP contribution in [0.3, 0.4) is 0 Å². The number of aromatic nitrogens is 2. The summed E-state index contributed by atoms with van der Waals surface area (Å²) < 4.78 is 12.6. The number of aryl methyl sites for hydroxylation is 2. The van der Waals surface area contributed by atoms with Crippen LogP contribution in [0.5, 0.6) is 5.75 Å². The fourth-order valence-electron chi connectivity index (χ4n) is 2.26. The Hall–Kier alpha value is -2.34. The Kier molecular flexibility index (Phi) is 6.81. The molecule has 6 nitrogen and oxygen atoms in total. The van der Waals surface area contributed by atoms with Gasteiger partial charge in [0.15, 0.2) is 6.73 Å². The van der Waals surface area contributed by atoms with Gasteiger partial charge in [-0.15, -0.1) is 0 Å². The normalized spacial score (nSPS) is 10.6. The Balaban J connectivity index is 1.81. The Labute approximate surface area is 142 Å². The van der Waals surface area contributed by atoms with Gasteiger partial charge in [-0.25, -0.2) is 4.68 Å². The van der Waals surface area contributed by atoms with E-state index in [1.54, 1.807) is 16.9 Å². The number of ether oxygens (including phenoxy) is 2. The molecule has 24 heavy (non-hydrogen) atoms. The fraction of sp³-hybridized carbons (Fsp3) is 0.444. The van der Waals surface area contributed by atoms with Crippen molar-refractivity contribution in [1.82, 2.24) is 15.1 Å². The summed E-state index contributed by atoms with van der Waals surface area (Å²) in [5.74, 6) is 0.634. The summed E-state index contributed by atoms with van der Waals surface area (Å²) in [6.45, 7) is 8.18. The summed E-state index contributed by atoms with van der Waals surface area (Å²) in [6, 6.07) is 7.70. The second-order valence-electron chi connectivity index (χ2n) is 5.59. The van der Waals surface area contributed by atoms with Crippen LogP contribution in [0.4, 0.5) is 0 Å². The topological polar surface area (TPSA) is 65.4 Å². The Morgan fingerprint density at radius 2 is 2.12 bits per heavy atom. The highest BCUT2D eigenvalue weighted by Gasteiger charge is 2.09. The molecule has 0 atom stereocenters. The average molecular weight is 331 g/mol. The number of amides is 1. The summed E-state index contributed by atoms with van der Waals surface area (Å²) in [4.78, 5) is 12.0. The molecule has 0 saturated heterocycles. The molecule has 0 aliphatic carbocycles. The Bertz CT molecular complexity index is 667. The van der Waals surface area contributed by atoms with Gasteiger partial charge >= 0.3 is 0 Å². The number of hydrogen-bond donors (Lipinski definition) is 1. The fourth-order valence-corrected chi connectivity index (χ4v) is 2.26. The largest absolute Gasteiger partial charge is 0.471 e. The lowest BCUT2D eigenvalue weighted by molar-refractivity contribution is 0.0937. The SMILES string of the molecule is CCOCCCNC(=O)c1ccn(COc2ccc(C)cc2C)n1. The van der Waals surface area contributed by atoms with Gasteiger partial charge in [0.1, 0.15) is 11.4 Å². The van der Waals surface area contributed by atoms with E-state index in [-0.39, 0.29) is 12.6 Å². The van der Waals surface area contributed by atoms with E-state index in [4.69, 9.17) is 9.47 Å². The van der Waals surface area contributed by atoms with Crippen molar-refractivity contribution in [1.29, 1.82) is 0 Å². The van der Waals surface area contributed by atoms with Crippen LogP contribution in [0.15, 0.2) is 30.5 Å². The lowest BCUT2D eigenvalue weighted by Crippen LogP contribution is -2.26. The minimum atomic E-state index is -0.184. The zero-order valence-electron chi connectivity index (χ0n) is 14.5. The van der Waals surface area contributed by atoms with Crippen LogP contribution < -0.4 is 10.1 Å². The summed E-state index contributed by atoms with van der Waals surface area (Å²) in [5.41, 5.74) is 2.66. The first-order chi connectivity index (χ1) is 11.6. The molecule has 6 heteroatoms. The molecule has 0 aliphatic rings. The van der Waals surface area contributed by atoms with Gasteiger partial charge < -0.3 is 14.8 Å². The Morgan fingerprint density at radius 3 is 2.88 bits per heavy atom. The molecule has 0 aliphatic heterocycles. The van der Waals surface area contributed by atoms with Crippen LogP contribution in [-0.4, -0.2) is 35.4 Å². The van der Waals surface area contributed by atoms with Crippen LogP contribution in [0.25, 0.3) is 0 Å². The summed E-state index contributed by atoms with van der Waals surface area (Å²) in [5, 5.41) is 7.06. The van der Waals surface area contributed by atoms with E-state index in [2.05, 4.69) is 16.5 Å². The van der Waals surface area contributed by atoms with Gasteiger partial charge in [0.05, 0.1) is 0 Å². The van der Waals surface area contributed by atoms with Gasteiger partial charge in [-0.3, -0.25) is 4.79 Å². The molecule has 2 aromatic rings. The second kappa shape index (κ2) is 9.08. The lowest BCUT2D eigenvalue weighted by Gasteiger charge is -2.09. The smallest absolute Gasteiger partial charge is 0.271 e. The predicted molar refractivity (Wildman–Crippen MR) is 92.2 cm³/mol. The third-order valence-electron chi connectivity index (χ3n) is 3.51. The van der Waals surface area contributed by atoms with Crippen molar-refractivity contribution in [3.63, 3.8) is 0 Å². The van der Waals surface area contributed by atoms with Crippen LogP contribution in [-0.2, 0) is 11.5 Å². The molecular formula is C18H25N3O3. The van der Waals surface area contributed by atoms with Crippen LogP contribution in [0.2, 0.25) is 0 Å².